The van der Waals surface area contributed by atoms with E-state index in [9.17, 15) is 18.2 Å². The van der Waals surface area contributed by atoms with Crippen LogP contribution in [0.1, 0.15) is 24.2 Å². The summed E-state index contributed by atoms with van der Waals surface area (Å²) in [5.41, 5.74) is 1.44. The first-order chi connectivity index (χ1) is 14.8. The number of nitrogens with one attached hydrogen (secondary N) is 1. The van der Waals surface area contributed by atoms with Gasteiger partial charge in [-0.15, -0.1) is 0 Å². The van der Waals surface area contributed by atoms with Gasteiger partial charge in [0, 0.05) is 42.5 Å². The standard InChI is InChI=1S/C22H25ClFN3O3S/c1-15(2)13-31(30)27-9-7-26(8-10-27)22(29)19-11-16(3-6-21(19)25-14-28)18-5-4-17(23)12-20(18)24/h3-6,11-12,14-15H,7-10,13H2,1-2H3,(H,25,28). The van der Waals surface area contributed by atoms with Gasteiger partial charge < -0.3 is 10.2 Å². The van der Waals surface area contributed by atoms with E-state index in [4.69, 9.17) is 11.6 Å². The van der Waals surface area contributed by atoms with E-state index < -0.39 is 16.8 Å². The van der Waals surface area contributed by atoms with Crippen molar-refractivity contribution >= 4 is 40.6 Å². The number of anilines is 1. The zero-order valence-electron chi connectivity index (χ0n) is 17.4. The van der Waals surface area contributed by atoms with Crippen molar-refractivity contribution in [2.75, 3.05) is 37.2 Å². The second-order valence-electron chi connectivity index (χ2n) is 7.75. The van der Waals surface area contributed by atoms with Crippen LogP contribution in [0.5, 0.6) is 0 Å². The quantitative estimate of drug-likeness (QED) is 0.632. The van der Waals surface area contributed by atoms with E-state index in [2.05, 4.69) is 5.32 Å². The molecule has 2 aromatic rings. The van der Waals surface area contributed by atoms with Crippen LogP contribution in [0.2, 0.25) is 5.02 Å². The van der Waals surface area contributed by atoms with Crippen molar-refractivity contribution in [2.45, 2.75) is 13.8 Å². The van der Waals surface area contributed by atoms with Crippen LogP contribution in [0.4, 0.5) is 10.1 Å². The summed E-state index contributed by atoms with van der Waals surface area (Å²) in [7, 11) is -1.07. The number of nitrogens with zero attached hydrogens (tertiary/aromatic N) is 2. The molecule has 1 fully saturated rings. The Morgan fingerprint density at radius 2 is 1.90 bits per heavy atom. The largest absolute Gasteiger partial charge is 0.336 e. The fraction of sp³-hybridized carbons (Fsp3) is 0.364. The summed E-state index contributed by atoms with van der Waals surface area (Å²) in [6, 6.07) is 9.14. The molecule has 1 aliphatic rings. The number of amides is 2. The number of benzene rings is 2. The average Bonchev–Trinajstić information content (AvgIpc) is 2.73. The Balaban J connectivity index is 1.83. The van der Waals surface area contributed by atoms with E-state index in [0.717, 1.165) is 0 Å². The summed E-state index contributed by atoms with van der Waals surface area (Å²) in [5.74, 6) is 0.155. The van der Waals surface area contributed by atoms with Gasteiger partial charge in [-0.25, -0.2) is 12.9 Å². The lowest BCUT2D eigenvalue weighted by molar-refractivity contribution is -0.105. The summed E-state index contributed by atoms with van der Waals surface area (Å²) < 4.78 is 28.7. The molecule has 9 heteroatoms. The molecule has 166 valence electrons. The monoisotopic (exact) mass is 465 g/mol. The Labute approximate surface area is 189 Å². The van der Waals surface area contributed by atoms with Crippen molar-refractivity contribution in [2.24, 2.45) is 5.92 Å². The number of hydrogen-bond donors (Lipinski definition) is 1. The molecule has 1 N–H and O–H groups in total. The minimum absolute atomic E-state index is 0.269. The molecule has 2 amide bonds. The van der Waals surface area contributed by atoms with Gasteiger partial charge in [0.05, 0.1) is 22.2 Å². The first-order valence-corrected chi connectivity index (χ1v) is 11.7. The average molecular weight is 466 g/mol. The van der Waals surface area contributed by atoms with Crippen LogP contribution < -0.4 is 5.32 Å². The highest BCUT2D eigenvalue weighted by molar-refractivity contribution is 7.82. The molecule has 1 heterocycles. The third-order valence-electron chi connectivity index (χ3n) is 5.00. The number of halogens is 2. The van der Waals surface area contributed by atoms with Gasteiger partial charge in [-0.05, 0) is 41.8 Å². The van der Waals surface area contributed by atoms with Gasteiger partial charge in [0.2, 0.25) is 6.41 Å². The summed E-state index contributed by atoms with van der Waals surface area (Å²) in [4.78, 5) is 25.9. The van der Waals surface area contributed by atoms with Gasteiger partial charge in [0.1, 0.15) is 5.82 Å². The third kappa shape index (κ3) is 5.70. The van der Waals surface area contributed by atoms with Gasteiger partial charge in [-0.2, -0.15) is 0 Å². The Hall–Kier alpha value is -2.29. The number of hydrogen-bond acceptors (Lipinski definition) is 3. The van der Waals surface area contributed by atoms with Crippen LogP contribution in [-0.4, -0.2) is 57.7 Å². The normalized spacial score (nSPS) is 15.7. The van der Waals surface area contributed by atoms with Crippen molar-refractivity contribution in [1.82, 2.24) is 9.21 Å². The minimum atomic E-state index is -1.07. The number of piperazine rings is 1. The topological polar surface area (TPSA) is 69.7 Å². The van der Waals surface area contributed by atoms with Crippen LogP contribution in [0.3, 0.4) is 0 Å². The smallest absolute Gasteiger partial charge is 0.256 e. The first-order valence-electron chi connectivity index (χ1n) is 10.0. The van der Waals surface area contributed by atoms with Gasteiger partial charge in [0.15, 0.2) is 0 Å². The Morgan fingerprint density at radius 1 is 1.19 bits per heavy atom. The highest BCUT2D eigenvalue weighted by Crippen LogP contribution is 2.29. The van der Waals surface area contributed by atoms with Crippen LogP contribution in [0.25, 0.3) is 11.1 Å². The van der Waals surface area contributed by atoms with E-state index in [1.54, 1.807) is 35.2 Å². The number of carbonyl (C=O) groups excluding carboxylic acids is 2. The predicted octanol–water partition coefficient (Wildman–Crippen LogP) is 3.79. The maximum Gasteiger partial charge on any atom is 0.256 e. The molecule has 0 bridgehead atoms. The maximum absolute atomic E-state index is 14.4. The van der Waals surface area contributed by atoms with Crippen LogP contribution >= 0.6 is 11.6 Å². The fourth-order valence-electron chi connectivity index (χ4n) is 3.46. The second kappa shape index (κ2) is 10.3. The Morgan fingerprint density at radius 3 is 2.52 bits per heavy atom. The SMILES string of the molecule is CC(C)CS(=O)N1CCN(C(=O)c2cc(-c3ccc(Cl)cc3F)ccc2NC=O)CC1. The van der Waals surface area contributed by atoms with Crippen molar-refractivity contribution in [3.63, 3.8) is 0 Å². The molecule has 31 heavy (non-hydrogen) atoms. The molecule has 0 spiro atoms. The summed E-state index contributed by atoms with van der Waals surface area (Å²) in [5, 5.41) is 2.83. The van der Waals surface area contributed by atoms with Crippen molar-refractivity contribution in [3.8, 4) is 11.1 Å². The lowest BCUT2D eigenvalue weighted by atomic mass is 10.0. The lowest BCUT2D eigenvalue weighted by Crippen LogP contribution is -2.49. The molecule has 1 atom stereocenters. The molecule has 0 saturated carbocycles. The van der Waals surface area contributed by atoms with E-state index in [-0.39, 0.29) is 16.5 Å². The van der Waals surface area contributed by atoms with Crippen molar-refractivity contribution < 1.29 is 18.2 Å². The third-order valence-corrected chi connectivity index (χ3v) is 7.12. The first kappa shape index (κ1) is 23.4. The molecule has 1 aliphatic heterocycles. The van der Waals surface area contributed by atoms with E-state index in [1.807, 2.05) is 18.2 Å². The molecular formula is C22H25ClFN3O3S. The molecule has 3 rings (SSSR count). The van der Waals surface area contributed by atoms with Gasteiger partial charge >= 0.3 is 0 Å². The molecule has 0 aromatic heterocycles. The van der Waals surface area contributed by atoms with Crippen LogP contribution in [-0.2, 0) is 15.8 Å². The maximum atomic E-state index is 14.4. The molecule has 1 saturated heterocycles. The second-order valence-corrected chi connectivity index (χ2v) is 9.68. The van der Waals surface area contributed by atoms with Crippen molar-refractivity contribution in [3.05, 3.63) is 52.8 Å². The zero-order valence-corrected chi connectivity index (χ0v) is 19.0. The molecule has 0 aliphatic carbocycles. The van der Waals surface area contributed by atoms with E-state index >= 15 is 0 Å². The van der Waals surface area contributed by atoms with E-state index in [1.165, 1.54) is 6.07 Å². The predicted molar refractivity (Wildman–Crippen MR) is 122 cm³/mol. The Kier molecular flexibility index (Phi) is 7.80. The fourth-order valence-corrected chi connectivity index (χ4v) is 4.97. The molecule has 1 unspecified atom stereocenters. The van der Waals surface area contributed by atoms with Crippen molar-refractivity contribution in [1.29, 1.82) is 0 Å². The Bertz CT molecular complexity index is 994. The molecule has 6 nitrogen and oxygen atoms in total. The molecular weight excluding hydrogens is 441 g/mol. The number of rotatable bonds is 7. The van der Waals surface area contributed by atoms with Crippen LogP contribution in [0, 0.1) is 11.7 Å². The number of carbonyl (C=O) groups is 2. The lowest BCUT2D eigenvalue weighted by Gasteiger charge is -2.34. The summed E-state index contributed by atoms with van der Waals surface area (Å²) >= 11 is 5.84. The van der Waals surface area contributed by atoms with Gasteiger partial charge in [0.25, 0.3) is 5.91 Å². The zero-order chi connectivity index (χ0) is 22.5. The molecule has 0 radical (unpaired) electrons. The van der Waals surface area contributed by atoms with Gasteiger partial charge in [-0.3, -0.25) is 9.59 Å². The van der Waals surface area contributed by atoms with E-state index in [0.29, 0.717) is 61.1 Å². The highest BCUT2D eigenvalue weighted by atomic mass is 35.5. The summed E-state index contributed by atoms with van der Waals surface area (Å²) in [6.45, 7) is 5.90. The van der Waals surface area contributed by atoms with Crippen LogP contribution in [0.15, 0.2) is 36.4 Å². The molecule has 2 aromatic carbocycles. The highest BCUT2D eigenvalue weighted by Gasteiger charge is 2.27. The van der Waals surface area contributed by atoms with Gasteiger partial charge in [-0.1, -0.05) is 31.5 Å². The summed E-state index contributed by atoms with van der Waals surface area (Å²) in [6.07, 6.45) is 0.502. The minimum Gasteiger partial charge on any atom is -0.336 e.